The molecule has 1 heterocycles. The molecule has 0 aromatic heterocycles. The molecule has 2 N–H and O–H groups in total. The molecule has 3 nitrogen and oxygen atoms in total. The lowest BCUT2D eigenvalue weighted by molar-refractivity contribution is 0.171. The lowest BCUT2D eigenvalue weighted by Gasteiger charge is -2.19. The summed E-state index contributed by atoms with van der Waals surface area (Å²) in [6.45, 7) is 2.11. The monoisotopic (exact) mass is 265 g/mol. The number of hydrogen-bond acceptors (Lipinski definition) is 4. The van der Waals surface area contributed by atoms with Crippen LogP contribution in [0.1, 0.15) is 19.3 Å². The van der Waals surface area contributed by atoms with Gasteiger partial charge in [-0.2, -0.15) is 0 Å². The topological polar surface area (TPSA) is 44.5 Å². The molecule has 1 fully saturated rings. The summed E-state index contributed by atoms with van der Waals surface area (Å²) in [5.74, 6) is 2.92. The smallest absolute Gasteiger partial charge is 0.162 e. The molecule has 0 spiro atoms. The maximum absolute atomic E-state index is 5.67. The Labute approximate surface area is 112 Å². The highest BCUT2D eigenvalue weighted by Gasteiger charge is 2.41. The van der Waals surface area contributed by atoms with E-state index in [0.29, 0.717) is 18.6 Å². The van der Waals surface area contributed by atoms with Gasteiger partial charge in [-0.25, -0.2) is 0 Å². The second-order valence-corrected chi connectivity index (χ2v) is 6.18. The van der Waals surface area contributed by atoms with Gasteiger partial charge in [0.1, 0.15) is 13.2 Å². The molecule has 1 saturated carbocycles. The van der Waals surface area contributed by atoms with E-state index in [1.54, 1.807) is 0 Å². The highest BCUT2D eigenvalue weighted by Crippen LogP contribution is 2.52. The minimum atomic E-state index is 0.521. The zero-order valence-electron chi connectivity index (χ0n) is 10.5. The van der Waals surface area contributed by atoms with Crippen molar-refractivity contribution in [1.82, 2.24) is 0 Å². The molecule has 2 aliphatic rings. The van der Waals surface area contributed by atoms with E-state index in [9.17, 15) is 0 Å². The van der Waals surface area contributed by atoms with E-state index in [2.05, 4.69) is 12.1 Å². The molecular formula is C14H19NO2S. The summed E-state index contributed by atoms with van der Waals surface area (Å²) in [5, 5.41) is 0. The van der Waals surface area contributed by atoms with Crippen molar-refractivity contribution in [1.29, 1.82) is 0 Å². The molecular weight excluding hydrogens is 246 g/mol. The molecule has 4 heteroatoms. The van der Waals surface area contributed by atoms with Gasteiger partial charge in [0, 0.05) is 10.6 Å². The zero-order valence-corrected chi connectivity index (χ0v) is 11.3. The van der Waals surface area contributed by atoms with Crippen LogP contribution < -0.4 is 15.2 Å². The molecule has 0 bridgehead atoms. The third-order valence-corrected chi connectivity index (χ3v) is 5.03. The van der Waals surface area contributed by atoms with Gasteiger partial charge in [0.2, 0.25) is 0 Å². The van der Waals surface area contributed by atoms with Crippen LogP contribution in [0.3, 0.4) is 0 Å². The van der Waals surface area contributed by atoms with Gasteiger partial charge in [-0.15, -0.1) is 11.8 Å². The number of ether oxygens (including phenoxy) is 2. The Morgan fingerprint density at radius 1 is 1.17 bits per heavy atom. The SMILES string of the molecule is NCCC1(CSc2ccc3c(c2)OCCO3)CC1. The molecule has 0 radical (unpaired) electrons. The van der Waals surface area contributed by atoms with E-state index in [1.807, 2.05) is 17.8 Å². The van der Waals surface area contributed by atoms with Crippen LogP contribution in [0.25, 0.3) is 0 Å². The van der Waals surface area contributed by atoms with Crippen LogP contribution in [0.15, 0.2) is 23.1 Å². The normalized spacial score (nSPS) is 19.6. The van der Waals surface area contributed by atoms with E-state index in [4.69, 9.17) is 15.2 Å². The first-order chi connectivity index (χ1) is 8.81. The van der Waals surface area contributed by atoms with Crippen molar-refractivity contribution in [3.8, 4) is 11.5 Å². The minimum Gasteiger partial charge on any atom is -0.486 e. The first-order valence-corrected chi connectivity index (χ1v) is 7.52. The number of fused-ring (bicyclic) bond motifs is 1. The van der Waals surface area contributed by atoms with Crippen LogP contribution in [-0.2, 0) is 0 Å². The Morgan fingerprint density at radius 3 is 2.67 bits per heavy atom. The van der Waals surface area contributed by atoms with Gasteiger partial charge in [0.05, 0.1) is 0 Å². The first-order valence-electron chi connectivity index (χ1n) is 6.54. The lowest BCUT2D eigenvalue weighted by Crippen LogP contribution is -2.15. The summed E-state index contributed by atoms with van der Waals surface area (Å²) in [5.41, 5.74) is 6.19. The summed E-state index contributed by atoms with van der Waals surface area (Å²) >= 11 is 1.91. The van der Waals surface area contributed by atoms with Crippen molar-refractivity contribution in [2.24, 2.45) is 11.1 Å². The molecule has 1 aliphatic heterocycles. The number of hydrogen-bond donors (Lipinski definition) is 1. The van der Waals surface area contributed by atoms with Crippen molar-refractivity contribution in [2.75, 3.05) is 25.5 Å². The van der Waals surface area contributed by atoms with E-state index in [0.717, 1.165) is 24.5 Å². The van der Waals surface area contributed by atoms with Crippen LogP contribution in [0, 0.1) is 5.41 Å². The molecule has 0 amide bonds. The Kier molecular flexibility index (Phi) is 3.39. The predicted octanol–water partition coefficient (Wildman–Crippen LogP) is 2.68. The zero-order chi connectivity index (χ0) is 12.4. The van der Waals surface area contributed by atoms with Gasteiger partial charge in [-0.1, -0.05) is 0 Å². The second kappa shape index (κ2) is 5.02. The van der Waals surface area contributed by atoms with E-state index < -0.39 is 0 Å². The fourth-order valence-electron chi connectivity index (χ4n) is 2.30. The number of thioether (sulfide) groups is 1. The molecule has 1 aromatic rings. The average molecular weight is 265 g/mol. The van der Waals surface area contributed by atoms with E-state index in [-0.39, 0.29) is 0 Å². The first kappa shape index (κ1) is 12.2. The molecule has 0 unspecified atom stereocenters. The fraction of sp³-hybridized carbons (Fsp3) is 0.571. The Balaban J connectivity index is 1.63. The van der Waals surface area contributed by atoms with Crippen LogP contribution in [0.5, 0.6) is 11.5 Å². The van der Waals surface area contributed by atoms with Crippen molar-refractivity contribution in [3.63, 3.8) is 0 Å². The molecule has 3 rings (SSSR count). The average Bonchev–Trinajstić information content (AvgIpc) is 3.17. The van der Waals surface area contributed by atoms with Crippen LogP contribution >= 0.6 is 11.8 Å². The standard InChI is InChI=1S/C14H19NO2S/c15-6-5-14(3-4-14)10-18-11-1-2-12-13(9-11)17-8-7-16-12/h1-2,9H,3-8,10,15H2. The molecule has 18 heavy (non-hydrogen) atoms. The number of rotatable bonds is 5. The highest BCUT2D eigenvalue weighted by atomic mass is 32.2. The van der Waals surface area contributed by atoms with Crippen LogP contribution in [0.4, 0.5) is 0 Å². The lowest BCUT2D eigenvalue weighted by atomic mass is 10.1. The quantitative estimate of drug-likeness (QED) is 0.831. The summed E-state index contributed by atoms with van der Waals surface area (Å²) in [7, 11) is 0. The number of benzene rings is 1. The van der Waals surface area contributed by atoms with E-state index in [1.165, 1.54) is 23.5 Å². The van der Waals surface area contributed by atoms with Crippen molar-refractivity contribution >= 4 is 11.8 Å². The van der Waals surface area contributed by atoms with Gasteiger partial charge < -0.3 is 15.2 Å². The van der Waals surface area contributed by atoms with Crippen molar-refractivity contribution in [2.45, 2.75) is 24.2 Å². The van der Waals surface area contributed by atoms with Gasteiger partial charge in [0.25, 0.3) is 0 Å². The van der Waals surface area contributed by atoms with Gasteiger partial charge in [0.15, 0.2) is 11.5 Å². The van der Waals surface area contributed by atoms with Gasteiger partial charge >= 0.3 is 0 Å². The maximum atomic E-state index is 5.67. The minimum absolute atomic E-state index is 0.521. The van der Waals surface area contributed by atoms with Crippen molar-refractivity contribution in [3.05, 3.63) is 18.2 Å². The van der Waals surface area contributed by atoms with E-state index >= 15 is 0 Å². The van der Waals surface area contributed by atoms with Crippen LogP contribution in [0.2, 0.25) is 0 Å². The molecule has 0 atom stereocenters. The summed E-state index contributed by atoms with van der Waals surface area (Å²) in [6.07, 6.45) is 3.83. The Bertz CT molecular complexity index is 432. The largest absolute Gasteiger partial charge is 0.486 e. The van der Waals surface area contributed by atoms with Gasteiger partial charge in [-0.05, 0) is 49.4 Å². The van der Waals surface area contributed by atoms with Crippen molar-refractivity contribution < 1.29 is 9.47 Å². The molecule has 1 aromatic carbocycles. The second-order valence-electron chi connectivity index (χ2n) is 5.13. The summed E-state index contributed by atoms with van der Waals surface area (Å²) < 4.78 is 11.1. The maximum Gasteiger partial charge on any atom is 0.162 e. The van der Waals surface area contributed by atoms with Crippen LogP contribution in [-0.4, -0.2) is 25.5 Å². The molecule has 98 valence electrons. The van der Waals surface area contributed by atoms with Gasteiger partial charge in [-0.3, -0.25) is 0 Å². The summed E-state index contributed by atoms with van der Waals surface area (Å²) in [6, 6.07) is 6.23. The highest BCUT2D eigenvalue weighted by molar-refractivity contribution is 7.99. The molecule has 0 saturated heterocycles. The number of nitrogens with two attached hydrogens (primary N) is 1. The predicted molar refractivity (Wildman–Crippen MR) is 73.5 cm³/mol. The fourth-order valence-corrected chi connectivity index (χ4v) is 3.56. The summed E-state index contributed by atoms with van der Waals surface area (Å²) in [4.78, 5) is 1.27. The molecule has 1 aliphatic carbocycles. The Morgan fingerprint density at radius 2 is 1.94 bits per heavy atom. The Hall–Kier alpha value is -0.870. The third kappa shape index (κ3) is 2.59. The third-order valence-electron chi connectivity index (χ3n) is 3.69.